The lowest BCUT2D eigenvalue weighted by Gasteiger charge is -2.15. The van der Waals surface area contributed by atoms with E-state index in [2.05, 4.69) is 25.9 Å². The van der Waals surface area contributed by atoms with Gasteiger partial charge < -0.3 is 25.4 Å². The van der Waals surface area contributed by atoms with Crippen LogP contribution in [0.2, 0.25) is 10.0 Å². The number of carbonyl (C=O) groups excluding carboxylic acids is 2. The summed E-state index contributed by atoms with van der Waals surface area (Å²) in [6, 6.07) is 11.8. The van der Waals surface area contributed by atoms with Crippen molar-refractivity contribution < 1.29 is 19.1 Å². The molecule has 0 radical (unpaired) electrons. The maximum atomic E-state index is 11.5. The molecule has 2 aliphatic rings. The lowest BCUT2D eigenvalue weighted by Crippen LogP contribution is -2.29. The molecular weight excluding hydrogens is 665 g/mol. The number of carbonyl (C=O) groups is 2. The molecule has 2 saturated heterocycles. The smallest absolute Gasteiger partial charge is 0.237 e. The van der Waals surface area contributed by atoms with E-state index in [9.17, 15) is 9.59 Å². The first-order valence-corrected chi connectivity index (χ1v) is 17.3. The minimum absolute atomic E-state index is 0.117. The van der Waals surface area contributed by atoms with Crippen molar-refractivity contribution >= 4 is 35.0 Å². The average molecular weight is 705 g/mol. The lowest BCUT2D eigenvalue weighted by atomic mass is 9.98. The molecule has 6 rings (SSSR count). The standard InChI is InChI=1S/C36H39Cl2N7O4/c1-48-35-27(11-3-6-21-12-14-31(46)42-21)40-19-28(44-35)25-9-4-7-23(33(25)37)24-8-5-10-26(34(24)38)29-20-41-30(36(45-29)49-2)18-39-17-16-22-13-15-32(47)43-22/h4-5,7-10,19-22,39H,3,6,11-18H2,1-2H3,(H,42,46)(H,43,47)/t21-,22-/m1/s1. The molecule has 0 unspecified atom stereocenters. The second-order valence-electron chi connectivity index (χ2n) is 12.2. The number of rotatable bonds is 14. The second-order valence-corrected chi connectivity index (χ2v) is 13.0. The van der Waals surface area contributed by atoms with Crippen LogP contribution in [0.1, 0.15) is 56.3 Å². The summed E-state index contributed by atoms with van der Waals surface area (Å²) in [6.07, 6.45) is 9.61. The number of aromatic nitrogens is 4. The third kappa shape index (κ3) is 8.12. The van der Waals surface area contributed by atoms with Crippen LogP contribution >= 0.6 is 23.2 Å². The van der Waals surface area contributed by atoms with Crippen molar-refractivity contribution in [3.63, 3.8) is 0 Å². The van der Waals surface area contributed by atoms with Gasteiger partial charge in [0.15, 0.2) is 0 Å². The van der Waals surface area contributed by atoms with E-state index in [1.165, 1.54) is 0 Å². The van der Waals surface area contributed by atoms with Gasteiger partial charge in [0.2, 0.25) is 23.6 Å². The Morgan fingerprint density at radius 3 is 1.80 bits per heavy atom. The minimum atomic E-state index is 0.117. The molecule has 4 heterocycles. The molecule has 2 fully saturated rings. The van der Waals surface area contributed by atoms with Crippen molar-refractivity contribution in [3.8, 4) is 45.4 Å². The van der Waals surface area contributed by atoms with Gasteiger partial charge in [-0.05, 0) is 45.1 Å². The highest BCUT2D eigenvalue weighted by Crippen LogP contribution is 2.42. The van der Waals surface area contributed by atoms with Crippen molar-refractivity contribution in [2.75, 3.05) is 20.8 Å². The zero-order valence-electron chi connectivity index (χ0n) is 27.5. The number of nitrogens with one attached hydrogen (secondary N) is 3. The highest BCUT2D eigenvalue weighted by atomic mass is 35.5. The first-order valence-electron chi connectivity index (χ1n) is 16.5. The Labute approximate surface area is 295 Å². The number of ether oxygens (including phenoxy) is 2. The molecule has 3 N–H and O–H groups in total. The second kappa shape index (κ2) is 15.9. The van der Waals surface area contributed by atoms with Gasteiger partial charge in [-0.15, -0.1) is 0 Å². The Hall–Kier alpha value is -4.32. The number of aryl methyl sites for hydroxylation is 1. The molecule has 2 aromatic carbocycles. The van der Waals surface area contributed by atoms with E-state index in [1.807, 2.05) is 36.4 Å². The monoisotopic (exact) mass is 703 g/mol. The fourth-order valence-electron chi connectivity index (χ4n) is 6.34. The molecule has 49 heavy (non-hydrogen) atoms. The molecule has 11 nitrogen and oxygen atoms in total. The zero-order chi connectivity index (χ0) is 34.3. The fraction of sp³-hybridized carbons (Fsp3) is 0.389. The maximum absolute atomic E-state index is 11.5. The van der Waals surface area contributed by atoms with Crippen LogP contribution in [-0.2, 0) is 22.6 Å². The number of amides is 2. The van der Waals surface area contributed by atoms with Crippen LogP contribution in [0, 0.1) is 0 Å². The van der Waals surface area contributed by atoms with E-state index < -0.39 is 0 Å². The fourth-order valence-corrected chi connectivity index (χ4v) is 6.98. The lowest BCUT2D eigenvalue weighted by molar-refractivity contribution is -0.120. The van der Waals surface area contributed by atoms with Gasteiger partial charge in [-0.3, -0.25) is 19.6 Å². The number of nitrogens with zero attached hydrogens (tertiary/aromatic N) is 4. The molecule has 0 aliphatic carbocycles. The number of hydrogen-bond acceptors (Lipinski definition) is 9. The van der Waals surface area contributed by atoms with Crippen LogP contribution in [0.3, 0.4) is 0 Å². The molecule has 13 heteroatoms. The highest BCUT2D eigenvalue weighted by Gasteiger charge is 2.22. The number of benzene rings is 2. The topological polar surface area (TPSA) is 140 Å². The summed E-state index contributed by atoms with van der Waals surface area (Å²) in [6.45, 7) is 1.21. The Kier molecular flexibility index (Phi) is 11.2. The molecule has 2 atom stereocenters. The van der Waals surface area contributed by atoms with Gasteiger partial charge >= 0.3 is 0 Å². The average Bonchev–Trinajstić information content (AvgIpc) is 3.74. The summed E-state index contributed by atoms with van der Waals surface area (Å²) in [5.41, 5.74) is 5.42. The molecule has 0 spiro atoms. The van der Waals surface area contributed by atoms with Crippen molar-refractivity contribution in [2.24, 2.45) is 0 Å². The Bertz CT molecular complexity index is 1840. The summed E-state index contributed by atoms with van der Waals surface area (Å²) >= 11 is 14.1. The van der Waals surface area contributed by atoms with Crippen LogP contribution in [0.25, 0.3) is 33.6 Å². The van der Waals surface area contributed by atoms with Gasteiger partial charge in [-0.1, -0.05) is 59.6 Å². The summed E-state index contributed by atoms with van der Waals surface area (Å²) in [7, 11) is 3.15. The van der Waals surface area contributed by atoms with Crippen LogP contribution in [0.15, 0.2) is 48.8 Å². The quantitative estimate of drug-likeness (QED) is 0.136. The molecular formula is C36H39Cl2N7O4. The van der Waals surface area contributed by atoms with E-state index in [1.54, 1.807) is 26.6 Å². The number of hydrogen-bond donors (Lipinski definition) is 3. The van der Waals surface area contributed by atoms with Gasteiger partial charge in [0, 0.05) is 53.7 Å². The number of halogens is 2. The summed E-state index contributed by atoms with van der Waals surface area (Å²) in [5, 5.41) is 10.3. The van der Waals surface area contributed by atoms with Crippen molar-refractivity contribution in [3.05, 3.63) is 70.2 Å². The van der Waals surface area contributed by atoms with Crippen LogP contribution in [-0.4, -0.2) is 64.6 Å². The van der Waals surface area contributed by atoms with Crippen molar-refractivity contribution in [1.29, 1.82) is 0 Å². The van der Waals surface area contributed by atoms with E-state index in [0.717, 1.165) is 55.5 Å². The van der Waals surface area contributed by atoms with Gasteiger partial charge in [0.05, 0.1) is 48.0 Å². The first-order chi connectivity index (χ1) is 23.8. The van der Waals surface area contributed by atoms with Gasteiger partial charge in [-0.2, -0.15) is 0 Å². The van der Waals surface area contributed by atoms with Crippen LogP contribution in [0.5, 0.6) is 11.8 Å². The Morgan fingerprint density at radius 1 is 0.755 bits per heavy atom. The SMILES string of the molecule is COc1nc(-c2cccc(-c3cccc(-c4cnc(CNCC[C@H]5CCC(=O)N5)c(OC)n4)c3Cl)c2Cl)cnc1CCC[C@@H]1CCC(=O)N1. The summed E-state index contributed by atoms with van der Waals surface area (Å²) in [5.74, 6) is 1.09. The van der Waals surface area contributed by atoms with E-state index in [4.69, 9.17) is 42.6 Å². The summed E-state index contributed by atoms with van der Waals surface area (Å²) in [4.78, 5) is 41.8. The van der Waals surface area contributed by atoms with Crippen LogP contribution in [0.4, 0.5) is 0 Å². The molecule has 0 bridgehead atoms. The predicted octanol–water partition coefficient (Wildman–Crippen LogP) is 5.95. The number of methoxy groups -OCH3 is 2. The third-order valence-corrected chi connectivity index (χ3v) is 9.76. The molecule has 256 valence electrons. The largest absolute Gasteiger partial charge is 0.480 e. The summed E-state index contributed by atoms with van der Waals surface area (Å²) < 4.78 is 11.2. The van der Waals surface area contributed by atoms with Gasteiger partial charge in [0.1, 0.15) is 11.4 Å². The van der Waals surface area contributed by atoms with E-state index >= 15 is 0 Å². The van der Waals surface area contributed by atoms with Crippen LogP contribution < -0.4 is 25.4 Å². The molecule has 2 aliphatic heterocycles. The van der Waals surface area contributed by atoms with E-state index in [-0.39, 0.29) is 23.9 Å². The molecule has 4 aromatic rings. The zero-order valence-corrected chi connectivity index (χ0v) is 29.0. The Morgan fingerprint density at radius 2 is 1.27 bits per heavy atom. The maximum Gasteiger partial charge on any atom is 0.237 e. The van der Waals surface area contributed by atoms with Crippen molar-refractivity contribution in [1.82, 2.24) is 35.9 Å². The first kappa shape index (κ1) is 34.5. The molecule has 2 aromatic heterocycles. The van der Waals surface area contributed by atoms with Gasteiger partial charge in [-0.25, -0.2) is 9.97 Å². The normalized spacial score (nSPS) is 17.2. The highest BCUT2D eigenvalue weighted by molar-refractivity contribution is 6.39. The molecule has 2 amide bonds. The van der Waals surface area contributed by atoms with E-state index in [0.29, 0.717) is 75.8 Å². The minimum Gasteiger partial charge on any atom is -0.480 e. The third-order valence-electron chi connectivity index (χ3n) is 8.95. The van der Waals surface area contributed by atoms with Crippen molar-refractivity contribution in [2.45, 2.75) is 70.0 Å². The molecule has 0 saturated carbocycles. The van der Waals surface area contributed by atoms with Gasteiger partial charge in [0.25, 0.3) is 0 Å². The predicted molar refractivity (Wildman–Crippen MR) is 189 cm³/mol. The Balaban J connectivity index is 1.18.